The van der Waals surface area contributed by atoms with Crippen molar-refractivity contribution in [2.75, 3.05) is 42.9 Å². The largest absolute Gasteiger partial charge is 0.369 e. The first kappa shape index (κ1) is 17.1. The molecule has 4 nitrogen and oxygen atoms in total. The van der Waals surface area contributed by atoms with Crippen molar-refractivity contribution in [3.05, 3.63) is 58.6 Å². The summed E-state index contributed by atoms with van der Waals surface area (Å²) >= 11 is 12.0. The third-order valence-corrected chi connectivity index (χ3v) is 4.63. The average molecular weight is 364 g/mol. The van der Waals surface area contributed by atoms with Crippen LogP contribution in [0.1, 0.15) is 0 Å². The smallest absolute Gasteiger partial charge is 0.238 e. The van der Waals surface area contributed by atoms with Crippen molar-refractivity contribution in [2.24, 2.45) is 0 Å². The van der Waals surface area contributed by atoms with E-state index in [-0.39, 0.29) is 5.91 Å². The molecule has 1 amide bonds. The zero-order valence-electron chi connectivity index (χ0n) is 13.2. The molecule has 1 aliphatic rings. The van der Waals surface area contributed by atoms with Crippen LogP contribution in [0, 0.1) is 0 Å². The van der Waals surface area contributed by atoms with E-state index in [9.17, 15) is 4.79 Å². The standard InChI is InChI=1S/C18H19Cl2N3O/c19-14-6-7-16(20)17(12-14)21-18(24)13-22-8-10-23(11-9-22)15-4-2-1-3-5-15/h1-7,12H,8-11,13H2,(H,21,24). The normalized spacial score (nSPS) is 15.3. The molecule has 2 aromatic rings. The van der Waals surface area contributed by atoms with E-state index in [1.54, 1.807) is 18.2 Å². The van der Waals surface area contributed by atoms with Gasteiger partial charge >= 0.3 is 0 Å². The van der Waals surface area contributed by atoms with Gasteiger partial charge in [0, 0.05) is 36.9 Å². The number of nitrogens with one attached hydrogen (secondary N) is 1. The van der Waals surface area contributed by atoms with Gasteiger partial charge in [0.1, 0.15) is 0 Å². The third-order valence-electron chi connectivity index (χ3n) is 4.06. The van der Waals surface area contributed by atoms with E-state index in [2.05, 4.69) is 27.2 Å². The summed E-state index contributed by atoms with van der Waals surface area (Å²) in [5.41, 5.74) is 1.78. The molecule has 126 valence electrons. The summed E-state index contributed by atoms with van der Waals surface area (Å²) in [5, 5.41) is 3.87. The Hall–Kier alpha value is -1.75. The molecule has 1 heterocycles. The molecule has 0 aliphatic carbocycles. The molecule has 6 heteroatoms. The summed E-state index contributed by atoms with van der Waals surface area (Å²) < 4.78 is 0. The second-order valence-electron chi connectivity index (χ2n) is 5.77. The highest BCUT2D eigenvalue weighted by molar-refractivity contribution is 6.35. The SMILES string of the molecule is O=C(CN1CCN(c2ccccc2)CC1)Nc1cc(Cl)ccc1Cl. The van der Waals surface area contributed by atoms with Crippen molar-refractivity contribution in [3.8, 4) is 0 Å². The Labute approximate surface area is 152 Å². The Bertz CT molecular complexity index is 701. The topological polar surface area (TPSA) is 35.6 Å². The van der Waals surface area contributed by atoms with Crippen molar-refractivity contribution in [1.82, 2.24) is 4.90 Å². The van der Waals surface area contributed by atoms with E-state index in [0.717, 1.165) is 26.2 Å². The van der Waals surface area contributed by atoms with Gasteiger partial charge in [-0.3, -0.25) is 9.69 Å². The summed E-state index contributed by atoms with van der Waals surface area (Å²) in [6, 6.07) is 15.4. The van der Waals surface area contributed by atoms with Crippen LogP contribution < -0.4 is 10.2 Å². The number of anilines is 2. The van der Waals surface area contributed by atoms with Gasteiger partial charge in [-0.15, -0.1) is 0 Å². The number of benzene rings is 2. The molecule has 1 N–H and O–H groups in total. The predicted molar refractivity (Wildman–Crippen MR) is 100 cm³/mol. The van der Waals surface area contributed by atoms with Gasteiger partial charge in [0.05, 0.1) is 17.3 Å². The van der Waals surface area contributed by atoms with Crippen LogP contribution >= 0.6 is 23.2 Å². The van der Waals surface area contributed by atoms with Crippen LogP contribution in [0.25, 0.3) is 0 Å². The lowest BCUT2D eigenvalue weighted by atomic mass is 10.2. The van der Waals surface area contributed by atoms with Gasteiger partial charge in [-0.2, -0.15) is 0 Å². The Morgan fingerprint density at radius 2 is 1.71 bits per heavy atom. The van der Waals surface area contributed by atoms with Crippen LogP contribution in [0.15, 0.2) is 48.5 Å². The Morgan fingerprint density at radius 3 is 2.42 bits per heavy atom. The molecule has 24 heavy (non-hydrogen) atoms. The average Bonchev–Trinajstić information content (AvgIpc) is 2.59. The summed E-state index contributed by atoms with van der Waals surface area (Å²) in [7, 11) is 0. The van der Waals surface area contributed by atoms with Crippen molar-refractivity contribution >= 4 is 40.5 Å². The summed E-state index contributed by atoms with van der Waals surface area (Å²) in [6.07, 6.45) is 0. The number of hydrogen-bond donors (Lipinski definition) is 1. The number of carbonyl (C=O) groups is 1. The van der Waals surface area contributed by atoms with E-state index >= 15 is 0 Å². The van der Waals surface area contributed by atoms with Crippen molar-refractivity contribution in [1.29, 1.82) is 0 Å². The summed E-state index contributed by atoms with van der Waals surface area (Å²) in [6.45, 7) is 3.88. The molecule has 0 aromatic heterocycles. The number of rotatable bonds is 4. The van der Waals surface area contributed by atoms with Crippen LogP contribution in [0.2, 0.25) is 10.0 Å². The first-order valence-corrected chi connectivity index (χ1v) is 8.65. The first-order chi connectivity index (χ1) is 11.6. The molecule has 1 aliphatic heterocycles. The number of halogens is 2. The molecule has 2 aromatic carbocycles. The van der Waals surface area contributed by atoms with Crippen LogP contribution in [0.4, 0.5) is 11.4 Å². The molecule has 0 unspecified atom stereocenters. The van der Waals surface area contributed by atoms with Gasteiger partial charge in [0.15, 0.2) is 0 Å². The van der Waals surface area contributed by atoms with Gasteiger partial charge in [-0.25, -0.2) is 0 Å². The second kappa shape index (κ2) is 7.88. The monoisotopic (exact) mass is 363 g/mol. The maximum absolute atomic E-state index is 12.2. The number of nitrogens with zero attached hydrogens (tertiary/aromatic N) is 2. The molecule has 0 radical (unpaired) electrons. The lowest BCUT2D eigenvalue weighted by Gasteiger charge is -2.35. The van der Waals surface area contributed by atoms with Crippen LogP contribution in [0.3, 0.4) is 0 Å². The van der Waals surface area contributed by atoms with E-state index < -0.39 is 0 Å². The molecule has 0 spiro atoms. The summed E-state index contributed by atoms with van der Waals surface area (Å²) in [5.74, 6) is -0.0765. The number of hydrogen-bond acceptors (Lipinski definition) is 3. The molecule has 0 saturated carbocycles. The van der Waals surface area contributed by atoms with Crippen LogP contribution in [-0.2, 0) is 4.79 Å². The highest BCUT2D eigenvalue weighted by atomic mass is 35.5. The fourth-order valence-corrected chi connectivity index (χ4v) is 3.13. The van der Waals surface area contributed by atoms with E-state index in [0.29, 0.717) is 22.3 Å². The van der Waals surface area contributed by atoms with E-state index in [1.165, 1.54) is 5.69 Å². The fourth-order valence-electron chi connectivity index (χ4n) is 2.79. The molecule has 1 saturated heterocycles. The maximum Gasteiger partial charge on any atom is 0.238 e. The Morgan fingerprint density at radius 1 is 1.00 bits per heavy atom. The zero-order valence-corrected chi connectivity index (χ0v) is 14.7. The Kier molecular flexibility index (Phi) is 5.61. The second-order valence-corrected chi connectivity index (χ2v) is 6.61. The van der Waals surface area contributed by atoms with Crippen molar-refractivity contribution in [3.63, 3.8) is 0 Å². The maximum atomic E-state index is 12.2. The molecular weight excluding hydrogens is 345 g/mol. The predicted octanol–water partition coefficient (Wildman–Crippen LogP) is 3.75. The Balaban J connectivity index is 1.51. The van der Waals surface area contributed by atoms with Gasteiger partial charge in [0.2, 0.25) is 5.91 Å². The number of amides is 1. The highest BCUT2D eigenvalue weighted by Crippen LogP contribution is 2.25. The minimum atomic E-state index is -0.0765. The zero-order chi connectivity index (χ0) is 16.9. The number of para-hydroxylation sites is 1. The lowest BCUT2D eigenvalue weighted by Crippen LogP contribution is -2.48. The molecule has 0 bridgehead atoms. The summed E-state index contributed by atoms with van der Waals surface area (Å²) in [4.78, 5) is 16.7. The number of piperazine rings is 1. The van der Waals surface area contributed by atoms with Crippen molar-refractivity contribution in [2.45, 2.75) is 0 Å². The first-order valence-electron chi connectivity index (χ1n) is 7.89. The molecule has 0 atom stereocenters. The van der Waals surface area contributed by atoms with Gasteiger partial charge < -0.3 is 10.2 Å². The number of carbonyl (C=O) groups excluding carboxylic acids is 1. The molecule has 1 fully saturated rings. The minimum Gasteiger partial charge on any atom is -0.369 e. The lowest BCUT2D eigenvalue weighted by molar-refractivity contribution is -0.117. The van der Waals surface area contributed by atoms with Gasteiger partial charge in [0.25, 0.3) is 0 Å². The van der Waals surface area contributed by atoms with Gasteiger partial charge in [-0.1, -0.05) is 41.4 Å². The van der Waals surface area contributed by atoms with Gasteiger partial charge in [-0.05, 0) is 30.3 Å². The van der Waals surface area contributed by atoms with E-state index in [1.807, 2.05) is 18.2 Å². The quantitative estimate of drug-likeness (QED) is 0.898. The van der Waals surface area contributed by atoms with E-state index in [4.69, 9.17) is 23.2 Å². The molecular formula is C18H19Cl2N3O. The van der Waals surface area contributed by atoms with Crippen LogP contribution in [0.5, 0.6) is 0 Å². The third kappa shape index (κ3) is 4.41. The highest BCUT2D eigenvalue weighted by Gasteiger charge is 2.19. The fraction of sp³-hybridized carbons (Fsp3) is 0.278. The van der Waals surface area contributed by atoms with Crippen molar-refractivity contribution < 1.29 is 4.79 Å². The van der Waals surface area contributed by atoms with Crippen LogP contribution in [-0.4, -0.2) is 43.5 Å². The molecule has 3 rings (SSSR count). The minimum absolute atomic E-state index is 0.0765.